The van der Waals surface area contributed by atoms with Crippen LogP contribution in [0.5, 0.6) is 11.5 Å². The number of hydrogen-bond donors (Lipinski definition) is 1. The molecule has 1 unspecified atom stereocenters. The number of benzene rings is 2. The third kappa shape index (κ3) is 6.48. The Hall–Kier alpha value is -3.12. The van der Waals surface area contributed by atoms with Gasteiger partial charge in [0, 0.05) is 24.6 Å². The molecule has 0 bridgehead atoms. The molecule has 1 aromatic heterocycles. The Kier molecular flexibility index (Phi) is 9.28. The number of para-hydroxylation sites is 2. The third-order valence-electron chi connectivity index (χ3n) is 5.56. The Bertz CT molecular complexity index is 1100. The number of pyridine rings is 1. The van der Waals surface area contributed by atoms with Crippen molar-refractivity contribution in [3.8, 4) is 11.5 Å². The van der Waals surface area contributed by atoms with E-state index >= 15 is 0 Å². The van der Waals surface area contributed by atoms with Crippen molar-refractivity contribution in [2.75, 3.05) is 6.61 Å². The molecule has 3 rings (SSSR count). The van der Waals surface area contributed by atoms with Crippen molar-refractivity contribution in [2.24, 2.45) is 0 Å². The van der Waals surface area contributed by atoms with Gasteiger partial charge in [-0.15, -0.1) is 0 Å². The molecule has 0 spiro atoms. The van der Waals surface area contributed by atoms with E-state index < -0.39 is 12.1 Å². The molecule has 1 N–H and O–H groups in total. The number of carboxylic acids is 1. The number of unbranched alkanes of at least 4 members (excludes halogenated alkanes) is 1. The molecule has 0 radical (unpaired) electrons. The first-order valence-electron chi connectivity index (χ1n) is 12.1. The summed E-state index contributed by atoms with van der Waals surface area (Å²) >= 11 is 0. The highest BCUT2D eigenvalue weighted by Gasteiger charge is 2.21. The highest BCUT2D eigenvalue weighted by Crippen LogP contribution is 2.33. The molecule has 6 heteroatoms. The maximum Gasteiger partial charge on any atom is 0.333 e. The summed E-state index contributed by atoms with van der Waals surface area (Å²) < 4.78 is 17.8. The minimum atomic E-state index is -0.984. The van der Waals surface area contributed by atoms with Crippen LogP contribution in [0.15, 0.2) is 48.7 Å². The number of hydrogen-bond acceptors (Lipinski definition) is 5. The van der Waals surface area contributed by atoms with Crippen LogP contribution < -0.4 is 9.47 Å². The fraction of sp³-hybridized carbons (Fsp3) is 0.429. The van der Waals surface area contributed by atoms with Gasteiger partial charge in [-0.3, -0.25) is 4.98 Å². The molecule has 0 aliphatic carbocycles. The van der Waals surface area contributed by atoms with Gasteiger partial charge in [-0.1, -0.05) is 43.7 Å². The highest BCUT2D eigenvalue weighted by atomic mass is 16.5. The molecule has 0 saturated heterocycles. The van der Waals surface area contributed by atoms with Gasteiger partial charge in [0.15, 0.2) is 6.10 Å². The second-order valence-corrected chi connectivity index (χ2v) is 8.58. The van der Waals surface area contributed by atoms with Gasteiger partial charge in [0.05, 0.1) is 17.2 Å². The first-order valence-corrected chi connectivity index (χ1v) is 12.1. The number of aliphatic carboxylic acids is 1. The van der Waals surface area contributed by atoms with E-state index in [1.54, 1.807) is 6.92 Å². The lowest BCUT2D eigenvalue weighted by Crippen LogP contribution is -2.26. The van der Waals surface area contributed by atoms with Gasteiger partial charge in [0.1, 0.15) is 18.1 Å². The van der Waals surface area contributed by atoms with Crippen molar-refractivity contribution in [1.82, 2.24) is 4.98 Å². The Morgan fingerprint density at radius 3 is 2.50 bits per heavy atom. The third-order valence-corrected chi connectivity index (χ3v) is 5.56. The number of fused-ring (bicyclic) bond motifs is 1. The van der Waals surface area contributed by atoms with Crippen LogP contribution in [-0.2, 0) is 29.0 Å². The number of ether oxygens (including phenoxy) is 3. The predicted octanol–water partition coefficient (Wildman–Crippen LogP) is 5.98. The van der Waals surface area contributed by atoms with Gasteiger partial charge in [-0.25, -0.2) is 4.79 Å². The standard InChI is InChI=1S/C28H35NO5/c1-5-7-11-20-13-10-14-23-26(20)29-17-22(27(23)34-19(3)4)18-33-24-15-9-8-12-21(24)16-25(28(30)31)32-6-2/h8-10,12-15,17,19,25H,5-7,11,16,18H2,1-4H3,(H,30,31). The Morgan fingerprint density at radius 1 is 1.03 bits per heavy atom. The number of rotatable bonds is 13. The van der Waals surface area contributed by atoms with Crippen molar-refractivity contribution in [3.63, 3.8) is 0 Å². The van der Waals surface area contributed by atoms with E-state index in [2.05, 4.69) is 19.1 Å². The zero-order chi connectivity index (χ0) is 24.5. The fourth-order valence-electron chi connectivity index (χ4n) is 3.93. The largest absolute Gasteiger partial charge is 0.490 e. The molecule has 1 heterocycles. The molecule has 182 valence electrons. The molecule has 2 aromatic carbocycles. The van der Waals surface area contributed by atoms with E-state index in [9.17, 15) is 9.90 Å². The molecule has 34 heavy (non-hydrogen) atoms. The van der Waals surface area contributed by atoms with Crippen molar-refractivity contribution in [3.05, 3.63) is 65.4 Å². The van der Waals surface area contributed by atoms with Crippen LogP contribution >= 0.6 is 0 Å². The van der Waals surface area contributed by atoms with Crippen molar-refractivity contribution < 1.29 is 24.1 Å². The van der Waals surface area contributed by atoms with Crippen LogP contribution in [0.25, 0.3) is 10.9 Å². The molecule has 0 aliphatic rings. The van der Waals surface area contributed by atoms with Crippen LogP contribution in [0, 0.1) is 0 Å². The summed E-state index contributed by atoms with van der Waals surface area (Å²) in [7, 11) is 0. The lowest BCUT2D eigenvalue weighted by atomic mass is 10.0. The number of carbonyl (C=O) groups is 1. The normalized spacial score (nSPS) is 12.1. The first-order chi connectivity index (χ1) is 16.4. The number of nitrogens with zero attached hydrogens (tertiary/aromatic N) is 1. The lowest BCUT2D eigenvalue weighted by molar-refractivity contribution is -0.149. The average Bonchev–Trinajstić information content (AvgIpc) is 2.82. The zero-order valence-corrected chi connectivity index (χ0v) is 20.5. The Labute approximate surface area is 201 Å². The number of aryl methyl sites for hydroxylation is 1. The van der Waals surface area contributed by atoms with Gasteiger partial charge >= 0.3 is 5.97 Å². The van der Waals surface area contributed by atoms with Gasteiger partial charge in [0.2, 0.25) is 0 Å². The molecule has 0 amide bonds. The molecular formula is C28H35NO5. The molecule has 0 saturated carbocycles. The Balaban J connectivity index is 1.90. The summed E-state index contributed by atoms with van der Waals surface area (Å²) in [6.07, 6.45) is 4.36. The summed E-state index contributed by atoms with van der Waals surface area (Å²) in [4.78, 5) is 16.3. The van der Waals surface area contributed by atoms with Crippen molar-refractivity contribution in [2.45, 2.75) is 72.2 Å². The molecule has 0 aliphatic heterocycles. The van der Waals surface area contributed by atoms with Crippen LogP contribution in [-0.4, -0.2) is 34.9 Å². The van der Waals surface area contributed by atoms with Gasteiger partial charge < -0.3 is 19.3 Å². The van der Waals surface area contributed by atoms with E-state index in [-0.39, 0.29) is 19.1 Å². The predicted molar refractivity (Wildman–Crippen MR) is 134 cm³/mol. The number of carboxylic acid groups (broad SMARTS) is 1. The van der Waals surface area contributed by atoms with E-state index in [4.69, 9.17) is 19.2 Å². The van der Waals surface area contributed by atoms with Crippen molar-refractivity contribution >= 4 is 16.9 Å². The summed E-state index contributed by atoms with van der Waals surface area (Å²) in [5.41, 5.74) is 3.83. The monoisotopic (exact) mass is 465 g/mol. The van der Waals surface area contributed by atoms with Crippen LogP contribution in [0.2, 0.25) is 0 Å². The summed E-state index contributed by atoms with van der Waals surface area (Å²) in [6, 6.07) is 13.7. The van der Waals surface area contributed by atoms with Gasteiger partial charge in [-0.05, 0) is 56.9 Å². The maximum atomic E-state index is 11.6. The van der Waals surface area contributed by atoms with Gasteiger partial charge in [-0.2, -0.15) is 0 Å². The molecule has 0 fully saturated rings. The fourth-order valence-corrected chi connectivity index (χ4v) is 3.93. The summed E-state index contributed by atoms with van der Waals surface area (Å²) in [5.74, 6) is 0.427. The van der Waals surface area contributed by atoms with E-state index in [1.807, 2.05) is 50.4 Å². The molecule has 3 aromatic rings. The average molecular weight is 466 g/mol. The van der Waals surface area contributed by atoms with E-state index in [0.29, 0.717) is 12.4 Å². The summed E-state index contributed by atoms with van der Waals surface area (Å²) in [5, 5.41) is 10.5. The lowest BCUT2D eigenvalue weighted by Gasteiger charge is -2.19. The topological polar surface area (TPSA) is 77.9 Å². The Morgan fingerprint density at radius 2 is 1.79 bits per heavy atom. The smallest absolute Gasteiger partial charge is 0.333 e. The second kappa shape index (κ2) is 12.4. The van der Waals surface area contributed by atoms with E-state index in [0.717, 1.165) is 47.0 Å². The van der Waals surface area contributed by atoms with Crippen LogP contribution in [0.4, 0.5) is 0 Å². The van der Waals surface area contributed by atoms with Crippen LogP contribution in [0.3, 0.4) is 0 Å². The maximum absolute atomic E-state index is 11.6. The minimum Gasteiger partial charge on any atom is -0.490 e. The zero-order valence-electron chi connectivity index (χ0n) is 20.5. The van der Waals surface area contributed by atoms with Crippen molar-refractivity contribution in [1.29, 1.82) is 0 Å². The second-order valence-electron chi connectivity index (χ2n) is 8.58. The minimum absolute atomic E-state index is 0.00143. The molecular weight excluding hydrogens is 430 g/mol. The first kappa shape index (κ1) is 25.5. The number of aromatic nitrogens is 1. The van der Waals surface area contributed by atoms with Gasteiger partial charge in [0.25, 0.3) is 0 Å². The summed E-state index contributed by atoms with van der Waals surface area (Å²) in [6.45, 7) is 8.58. The molecule has 1 atom stereocenters. The van der Waals surface area contributed by atoms with E-state index in [1.165, 1.54) is 5.56 Å². The molecule has 6 nitrogen and oxygen atoms in total. The highest BCUT2D eigenvalue weighted by molar-refractivity contribution is 5.88. The SMILES string of the molecule is CCCCc1cccc2c(OC(C)C)c(COc3ccccc3CC(OCC)C(=O)O)cnc12. The quantitative estimate of drug-likeness (QED) is 0.335. The van der Waals surface area contributed by atoms with Crippen LogP contribution in [0.1, 0.15) is 57.2 Å².